The first-order chi connectivity index (χ1) is 15.9. The molecule has 7 heteroatoms. The molecule has 1 fully saturated rings. The third-order valence-electron chi connectivity index (χ3n) is 6.13. The van der Waals surface area contributed by atoms with Gasteiger partial charge in [0.25, 0.3) is 5.56 Å². The van der Waals surface area contributed by atoms with E-state index in [0.29, 0.717) is 11.5 Å². The van der Waals surface area contributed by atoms with Crippen LogP contribution >= 0.6 is 0 Å². The van der Waals surface area contributed by atoms with Gasteiger partial charge >= 0.3 is 0 Å². The van der Waals surface area contributed by atoms with Crippen LogP contribution in [0.4, 0.5) is 5.69 Å². The van der Waals surface area contributed by atoms with Gasteiger partial charge in [0.1, 0.15) is 12.3 Å². The Labute approximate surface area is 194 Å². The second-order valence-electron chi connectivity index (χ2n) is 8.68. The molecule has 3 heterocycles. The van der Waals surface area contributed by atoms with Crippen molar-refractivity contribution < 1.29 is 9.47 Å². The quantitative estimate of drug-likeness (QED) is 0.456. The van der Waals surface area contributed by atoms with Crippen molar-refractivity contribution in [2.45, 2.75) is 52.3 Å². The minimum atomic E-state index is -0.215. The third-order valence-corrected chi connectivity index (χ3v) is 6.13. The lowest BCUT2D eigenvalue weighted by Crippen LogP contribution is -2.31. The van der Waals surface area contributed by atoms with E-state index in [1.54, 1.807) is 18.7 Å². The first kappa shape index (κ1) is 23.0. The molecule has 0 amide bonds. The van der Waals surface area contributed by atoms with Gasteiger partial charge in [0.2, 0.25) is 5.90 Å². The van der Waals surface area contributed by atoms with Crippen molar-refractivity contribution in [3.05, 3.63) is 58.1 Å². The molecule has 0 bridgehead atoms. The normalized spacial score (nSPS) is 17.7. The number of pyridine rings is 2. The fourth-order valence-electron chi connectivity index (χ4n) is 4.33. The van der Waals surface area contributed by atoms with Crippen LogP contribution in [-0.2, 0) is 16.5 Å². The lowest BCUT2D eigenvalue weighted by molar-refractivity contribution is 0.0449. The van der Waals surface area contributed by atoms with Crippen molar-refractivity contribution in [1.82, 2.24) is 9.55 Å². The fraction of sp³-hybridized carbons (Fsp3) is 0.423. The summed E-state index contributed by atoms with van der Waals surface area (Å²) < 4.78 is 13.0. The first-order valence-electron chi connectivity index (χ1n) is 11.4. The Hall–Kier alpha value is -3.19. The minimum Gasteiger partial charge on any atom is -0.482 e. The van der Waals surface area contributed by atoms with Crippen LogP contribution in [0.25, 0.3) is 22.0 Å². The number of fused-ring (bicyclic) bond motifs is 1. The van der Waals surface area contributed by atoms with Crippen LogP contribution in [0.15, 0.2) is 46.3 Å². The van der Waals surface area contributed by atoms with Gasteiger partial charge in [-0.05, 0) is 75.4 Å². The van der Waals surface area contributed by atoms with Gasteiger partial charge in [-0.25, -0.2) is 4.99 Å². The summed E-state index contributed by atoms with van der Waals surface area (Å²) >= 11 is 0. The summed E-state index contributed by atoms with van der Waals surface area (Å²) in [6.45, 7) is 6.66. The van der Waals surface area contributed by atoms with E-state index >= 15 is 0 Å². The van der Waals surface area contributed by atoms with Gasteiger partial charge in [-0.2, -0.15) is 0 Å². The molecule has 1 aromatic carbocycles. The molecule has 1 saturated heterocycles. The molecule has 2 aromatic heterocycles. The van der Waals surface area contributed by atoms with Crippen LogP contribution in [-0.4, -0.2) is 41.4 Å². The number of nitrogens with zero attached hydrogens (tertiary/aromatic N) is 3. The van der Waals surface area contributed by atoms with E-state index in [9.17, 15) is 4.79 Å². The van der Waals surface area contributed by atoms with Crippen LogP contribution in [0.1, 0.15) is 37.4 Å². The number of methoxy groups -OCH3 is 1. The van der Waals surface area contributed by atoms with Gasteiger partial charge < -0.3 is 19.4 Å². The molecule has 0 spiro atoms. The predicted molar refractivity (Wildman–Crippen MR) is 133 cm³/mol. The highest BCUT2D eigenvalue weighted by atomic mass is 16.5. The zero-order valence-corrected chi connectivity index (χ0v) is 20.0. The van der Waals surface area contributed by atoms with E-state index < -0.39 is 0 Å². The number of rotatable bonds is 5. The number of ether oxygens (including phenoxy) is 2. The van der Waals surface area contributed by atoms with Crippen molar-refractivity contribution in [3.63, 3.8) is 0 Å². The molecule has 0 aliphatic carbocycles. The van der Waals surface area contributed by atoms with Gasteiger partial charge in [0.05, 0.1) is 12.6 Å². The molecule has 1 aliphatic rings. The van der Waals surface area contributed by atoms with E-state index in [1.807, 2.05) is 57.3 Å². The largest absolute Gasteiger partial charge is 0.482 e. The number of anilines is 1. The highest BCUT2D eigenvalue weighted by molar-refractivity contribution is 5.85. The van der Waals surface area contributed by atoms with E-state index in [1.165, 1.54) is 0 Å². The smallest absolute Gasteiger partial charge is 0.258 e. The van der Waals surface area contributed by atoms with Crippen molar-refractivity contribution in [1.29, 1.82) is 0 Å². The average molecular weight is 449 g/mol. The monoisotopic (exact) mass is 448 g/mol. The van der Waals surface area contributed by atoms with Gasteiger partial charge in [-0.3, -0.25) is 9.78 Å². The molecule has 0 radical (unpaired) electrons. The number of benzene rings is 1. The number of hydrogen-bond donors (Lipinski definition) is 1. The van der Waals surface area contributed by atoms with E-state index in [-0.39, 0.29) is 17.8 Å². The molecule has 3 aromatic rings. The second-order valence-corrected chi connectivity index (χ2v) is 8.68. The summed E-state index contributed by atoms with van der Waals surface area (Å²) in [6.07, 6.45) is 4.64. The van der Waals surface area contributed by atoms with E-state index in [2.05, 4.69) is 10.3 Å². The van der Waals surface area contributed by atoms with Gasteiger partial charge in [0.15, 0.2) is 0 Å². The Morgan fingerprint density at radius 1 is 1.24 bits per heavy atom. The molecular weight excluding hydrogens is 416 g/mol. The molecule has 1 aliphatic heterocycles. The van der Waals surface area contributed by atoms with Crippen LogP contribution < -0.4 is 10.9 Å². The molecule has 0 saturated carbocycles. The van der Waals surface area contributed by atoms with Crippen molar-refractivity contribution in [3.8, 4) is 11.1 Å². The van der Waals surface area contributed by atoms with Crippen molar-refractivity contribution in [2.24, 2.45) is 12.0 Å². The molecule has 7 nitrogen and oxygen atoms in total. The molecule has 2 atom stereocenters. The highest BCUT2D eigenvalue weighted by Crippen LogP contribution is 2.27. The van der Waals surface area contributed by atoms with Gasteiger partial charge in [-0.15, -0.1) is 0 Å². The minimum absolute atomic E-state index is 0.0319. The summed E-state index contributed by atoms with van der Waals surface area (Å²) in [6, 6.07) is 9.91. The Kier molecular flexibility index (Phi) is 6.79. The molecule has 33 heavy (non-hydrogen) atoms. The number of hydrogen-bond acceptors (Lipinski definition) is 6. The first-order valence-corrected chi connectivity index (χ1v) is 11.4. The highest BCUT2D eigenvalue weighted by Gasteiger charge is 2.21. The Morgan fingerprint density at radius 2 is 2.06 bits per heavy atom. The third kappa shape index (κ3) is 4.93. The molecule has 174 valence electrons. The summed E-state index contributed by atoms with van der Waals surface area (Å²) in [4.78, 5) is 22.3. The maximum Gasteiger partial charge on any atom is 0.258 e. The second kappa shape index (κ2) is 9.75. The topological polar surface area (TPSA) is 77.7 Å². The van der Waals surface area contributed by atoms with Crippen LogP contribution in [0.5, 0.6) is 0 Å². The lowest BCUT2D eigenvalue weighted by atomic mass is 9.99. The Morgan fingerprint density at radius 3 is 2.79 bits per heavy atom. The van der Waals surface area contributed by atoms with Crippen molar-refractivity contribution >= 4 is 22.5 Å². The van der Waals surface area contributed by atoms with Crippen LogP contribution in [0.2, 0.25) is 0 Å². The Bertz CT molecular complexity index is 1240. The lowest BCUT2D eigenvalue weighted by Gasteiger charge is -2.24. The fourth-order valence-corrected chi connectivity index (χ4v) is 4.33. The molecule has 1 N–H and O–H groups in total. The summed E-state index contributed by atoms with van der Waals surface area (Å²) in [5.74, 6) is 0.619. The van der Waals surface area contributed by atoms with Crippen LogP contribution in [0, 0.1) is 13.8 Å². The van der Waals surface area contributed by atoms with Crippen LogP contribution in [0.3, 0.4) is 0 Å². The standard InChI is InChI=1S/C26H32N4O3/c1-16-9-10-20(28-18(3)29-25(32-5)24-8-6-7-11-33-24)14-21(16)22-13-19-15-27-17(2)12-23(19)30(4)26(22)31/h9-10,12-15,18,24,28H,6-8,11H2,1-5H3/b29-25-/t18?,24-/m0/s1. The van der Waals surface area contributed by atoms with Gasteiger partial charge in [0, 0.05) is 42.2 Å². The molecule has 4 rings (SSSR count). The molecular formula is C26H32N4O3. The summed E-state index contributed by atoms with van der Waals surface area (Å²) in [7, 11) is 3.45. The number of aliphatic imine (C=N–C) groups is 1. The maximum atomic E-state index is 13.2. The number of aryl methyl sites for hydroxylation is 3. The van der Waals surface area contributed by atoms with Gasteiger partial charge in [-0.1, -0.05) is 6.07 Å². The zero-order chi connectivity index (χ0) is 23.5. The van der Waals surface area contributed by atoms with E-state index in [4.69, 9.17) is 14.5 Å². The summed E-state index contributed by atoms with van der Waals surface area (Å²) in [5, 5.41) is 4.35. The van der Waals surface area contributed by atoms with Crippen molar-refractivity contribution in [2.75, 3.05) is 19.0 Å². The summed E-state index contributed by atoms with van der Waals surface area (Å²) in [5.41, 5.74) is 5.19. The van der Waals surface area contributed by atoms with E-state index in [0.717, 1.165) is 59.3 Å². The maximum absolute atomic E-state index is 13.2. The predicted octanol–water partition coefficient (Wildman–Crippen LogP) is 4.59. The number of nitrogens with one attached hydrogen (secondary N) is 1. The SMILES string of the molecule is CO/C(=N\C(C)Nc1ccc(C)c(-c2cc3cnc(C)cc3n(C)c2=O)c1)[C@@H]1CCCCO1. The Balaban J connectivity index is 1.65. The number of aromatic nitrogens is 2. The zero-order valence-electron chi connectivity index (χ0n) is 20.0. The molecule has 1 unspecified atom stereocenters. The average Bonchev–Trinajstić information content (AvgIpc) is 2.82.